The topological polar surface area (TPSA) is 101 Å². The van der Waals surface area contributed by atoms with E-state index in [1.54, 1.807) is 31.7 Å². The molecular formula is C18H22N2O5. The van der Waals surface area contributed by atoms with Crippen molar-refractivity contribution in [1.82, 2.24) is 4.90 Å². The minimum absolute atomic E-state index is 0.00411. The number of likely N-dealkylation sites (tertiary alicyclic amines) is 1. The molecule has 0 radical (unpaired) electrons. The lowest BCUT2D eigenvalue weighted by atomic mass is 9.89. The highest BCUT2D eigenvalue weighted by molar-refractivity contribution is 5.98. The van der Waals surface area contributed by atoms with Crippen LogP contribution in [0.15, 0.2) is 6.07 Å². The summed E-state index contributed by atoms with van der Waals surface area (Å²) in [6.45, 7) is 6.10. The van der Waals surface area contributed by atoms with Crippen molar-refractivity contribution in [3.8, 4) is 0 Å². The number of piperidine rings is 1. The molecule has 7 nitrogen and oxygen atoms in total. The number of hydrogen-bond acceptors (Lipinski definition) is 4. The van der Waals surface area contributed by atoms with Gasteiger partial charge < -0.3 is 10.0 Å². The molecule has 134 valence electrons. The molecule has 1 N–H and O–H groups in total. The molecule has 1 saturated carbocycles. The van der Waals surface area contributed by atoms with Crippen molar-refractivity contribution in [2.24, 2.45) is 11.3 Å². The van der Waals surface area contributed by atoms with Gasteiger partial charge in [0.2, 0.25) is 0 Å². The number of nitro groups is 1. The van der Waals surface area contributed by atoms with Crippen LogP contribution in [-0.4, -0.2) is 39.9 Å². The fraction of sp³-hybridized carbons (Fsp3) is 0.556. The van der Waals surface area contributed by atoms with Gasteiger partial charge in [0.15, 0.2) is 0 Å². The monoisotopic (exact) mass is 346 g/mol. The van der Waals surface area contributed by atoms with E-state index >= 15 is 0 Å². The fourth-order valence-electron chi connectivity index (χ4n) is 4.35. The summed E-state index contributed by atoms with van der Waals surface area (Å²) in [5.74, 6) is -1.23. The molecule has 1 unspecified atom stereocenters. The second kappa shape index (κ2) is 5.82. The molecule has 2 aliphatic rings. The van der Waals surface area contributed by atoms with Crippen molar-refractivity contribution in [2.75, 3.05) is 13.1 Å². The van der Waals surface area contributed by atoms with E-state index in [1.165, 1.54) is 0 Å². The molecule has 1 amide bonds. The number of rotatable bonds is 3. The number of aryl methyl sites for hydroxylation is 2. The third-order valence-corrected chi connectivity index (χ3v) is 5.86. The number of nitrogens with zero attached hydrogens (tertiary/aromatic N) is 2. The first-order valence-electron chi connectivity index (χ1n) is 8.45. The average Bonchev–Trinajstić information content (AvgIpc) is 3.20. The molecule has 1 heterocycles. The summed E-state index contributed by atoms with van der Waals surface area (Å²) in [7, 11) is 0. The van der Waals surface area contributed by atoms with Gasteiger partial charge in [-0.05, 0) is 57.1 Å². The number of carbonyl (C=O) groups excluding carboxylic acids is 1. The lowest BCUT2D eigenvalue weighted by molar-refractivity contribution is -0.386. The zero-order chi connectivity index (χ0) is 18.5. The van der Waals surface area contributed by atoms with E-state index in [0.29, 0.717) is 49.0 Å². The zero-order valence-corrected chi connectivity index (χ0v) is 14.7. The van der Waals surface area contributed by atoms with Crippen LogP contribution in [0.5, 0.6) is 0 Å². The highest BCUT2D eigenvalue weighted by Gasteiger charge is 2.59. The zero-order valence-electron chi connectivity index (χ0n) is 14.7. The molecule has 1 spiro atoms. The second-order valence-corrected chi connectivity index (χ2v) is 7.37. The van der Waals surface area contributed by atoms with Gasteiger partial charge in [0, 0.05) is 24.2 Å². The van der Waals surface area contributed by atoms with Crippen molar-refractivity contribution in [1.29, 1.82) is 0 Å². The molecule has 0 bridgehead atoms. The molecule has 1 aromatic carbocycles. The molecule has 1 aromatic rings. The molecule has 0 aromatic heterocycles. The molecular weight excluding hydrogens is 324 g/mol. The van der Waals surface area contributed by atoms with Crippen LogP contribution < -0.4 is 0 Å². The third kappa shape index (κ3) is 2.77. The van der Waals surface area contributed by atoms with Gasteiger partial charge in [0.1, 0.15) is 0 Å². The van der Waals surface area contributed by atoms with Crippen LogP contribution in [0.1, 0.15) is 46.3 Å². The van der Waals surface area contributed by atoms with Gasteiger partial charge in [-0.3, -0.25) is 19.7 Å². The molecule has 1 aliphatic carbocycles. The summed E-state index contributed by atoms with van der Waals surface area (Å²) in [5, 5.41) is 20.5. The van der Waals surface area contributed by atoms with E-state index in [-0.39, 0.29) is 22.9 Å². The third-order valence-electron chi connectivity index (χ3n) is 5.86. The number of carboxylic acids is 1. The van der Waals surface area contributed by atoms with Crippen molar-refractivity contribution < 1.29 is 19.6 Å². The number of carbonyl (C=O) groups is 2. The van der Waals surface area contributed by atoms with Crippen LogP contribution in [0.3, 0.4) is 0 Å². The van der Waals surface area contributed by atoms with Crippen LogP contribution in [0.4, 0.5) is 5.69 Å². The molecule has 1 saturated heterocycles. The van der Waals surface area contributed by atoms with Gasteiger partial charge >= 0.3 is 5.97 Å². The number of hydrogen-bond donors (Lipinski definition) is 1. The van der Waals surface area contributed by atoms with Crippen LogP contribution in [0.2, 0.25) is 0 Å². The van der Waals surface area contributed by atoms with Gasteiger partial charge in [0.25, 0.3) is 11.6 Å². The van der Waals surface area contributed by atoms with Crippen LogP contribution in [0.25, 0.3) is 0 Å². The van der Waals surface area contributed by atoms with Gasteiger partial charge in [-0.25, -0.2) is 0 Å². The summed E-state index contributed by atoms with van der Waals surface area (Å²) >= 11 is 0. The molecule has 25 heavy (non-hydrogen) atoms. The Morgan fingerprint density at radius 3 is 2.32 bits per heavy atom. The molecule has 7 heteroatoms. The minimum atomic E-state index is -0.749. The highest BCUT2D eigenvalue weighted by atomic mass is 16.6. The van der Waals surface area contributed by atoms with E-state index in [0.717, 1.165) is 5.56 Å². The first kappa shape index (κ1) is 17.4. The van der Waals surface area contributed by atoms with E-state index in [1.807, 2.05) is 0 Å². The Bertz CT molecular complexity index is 778. The minimum Gasteiger partial charge on any atom is -0.481 e. The normalized spacial score (nSPS) is 21.2. The van der Waals surface area contributed by atoms with Crippen molar-refractivity contribution in [3.63, 3.8) is 0 Å². The number of carboxylic acid groups (broad SMARTS) is 1. The Hall–Kier alpha value is -2.44. The summed E-state index contributed by atoms with van der Waals surface area (Å²) in [5.41, 5.74) is 1.94. The maximum Gasteiger partial charge on any atom is 0.307 e. The van der Waals surface area contributed by atoms with Crippen molar-refractivity contribution in [3.05, 3.63) is 38.4 Å². The summed E-state index contributed by atoms with van der Waals surface area (Å²) < 4.78 is 0. The highest BCUT2D eigenvalue weighted by Crippen LogP contribution is 2.59. The number of aliphatic carboxylic acids is 1. The number of amides is 1. The van der Waals surface area contributed by atoms with E-state index < -0.39 is 10.9 Å². The van der Waals surface area contributed by atoms with Gasteiger partial charge in [-0.1, -0.05) is 0 Å². The maximum atomic E-state index is 13.0. The van der Waals surface area contributed by atoms with Crippen LogP contribution >= 0.6 is 0 Å². The first-order chi connectivity index (χ1) is 11.7. The van der Waals surface area contributed by atoms with Crippen molar-refractivity contribution >= 4 is 17.6 Å². The number of benzene rings is 1. The van der Waals surface area contributed by atoms with Gasteiger partial charge in [-0.2, -0.15) is 0 Å². The molecule has 3 rings (SSSR count). The Morgan fingerprint density at radius 1 is 1.24 bits per heavy atom. The first-order valence-corrected chi connectivity index (χ1v) is 8.45. The second-order valence-electron chi connectivity index (χ2n) is 7.37. The Balaban J connectivity index is 1.82. The van der Waals surface area contributed by atoms with Gasteiger partial charge in [-0.15, -0.1) is 0 Å². The van der Waals surface area contributed by atoms with E-state index in [2.05, 4.69) is 0 Å². The molecule has 1 atom stereocenters. The van der Waals surface area contributed by atoms with Crippen molar-refractivity contribution in [2.45, 2.75) is 40.0 Å². The van der Waals surface area contributed by atoms with Crippen LogP contribution in [-0.2, 0) is 4.79 Å². The lowest BCUT2D eigenvalue weighted by Crippen LogP contribution is -2.40. The lowest BCUT2D eigenvalue weighted by Gasteiger charge is -2.33. The maximum absolute atomic E-state index is 13.0. The average molecular weight is 346 g/mol. The molecule has 2 fully saturated rings. The van der Waals surface area contributed by atoms with E-state index in [9.17, 15) is 19.7 Å². The van der Waals surface area contributed by atoms with Gasteiger partial charge in [0.05, 0.1) is 16.4 Å². The standard InChI is InChI=1S/C18H22N2O5/c1-10-8-11(2)15(20(24)25)12(3)14(10)16(21)19-6-4-18(5-7-19)9-13(18)17(22)23/h8,13H,4-7,9H2,1-3H3,(H,22,23). The SMILES string of the molecule is Cc1cc(C)c([N+](=O)[O-])c(C)c1C(=O)N1CCC2(CC1)CC2C(=O)O. The molecule has 1 aliphatic heterocycles. The quantitative estimate of drug-likeness (QED) is 0.670. The Kier molecular flexibility index (Phi) is 4.05. The Morgan fingerprint density at radius 2 is 1.84 bits per heavy atom. The summed E-state index contributed by atoms with van der Waals surface area (Å²) in [4.78, 5) is 36.7. The predicted octanol–water partition coefficient (Wildman–Crippen LogP) is 2.85. The van der Waals surface area contributed by atoms with E-state index in [4.69, 9.17) is 5.11 Å². The smallest absolute Gasteiger partial charge is 0.307 e. The summed E-state index contributed by atoms with van der Waals surface area (Å²) in [6, 6.07) is 1.69. The van der Waals surface area contributed by atoms with Crippen LogP contribution in [0, 0.1) is 42.2 Å². The fourth-order valence-corrected chi connectivity index (χ4v) is 4.35. The Labute approximate surface area is 145 Å². The number of nitro benzene ring substituents is 1. The summed E-state index contributed by atoms with van der Waals surface area (Å²) in [6.07, 6.45) is 2.06. The largest absolute Gasteiger partial charge is 0.481 e. The predicted molar refractivity (Wildman–Crippen MR) is 90.6 cm³/mol.